The molecular formula is C12H14N2O. The zero-order chi connectivity index (χ0) is 10.7. The average Bonchev–Trinajstić information content (AvgIpc) is 2.14. The predicted molar refractivity (Wildman–Crippen MR) is 52.2 cm³/mol. The van der Waals surface area contributed by atoms with Crippen LogP contribution >= 0.6 is 0 Å². The fourth-order valence-electron chi connectivity index (χ4n) is 4.64. The van der Waals surface area contributed by atoms with Crippen molar-refractivity contribution in [2.75, 3.05) is 0 Å². The van der Waals surface area contributed by atoms with Gasteiger partial charge < -0.3 is 5.11 Å². The fourth-order valence-corrected chi connectivity index (χ4v) is 4.64. The average molecular weight is 202 g/mol. The number of hydrogen-bond acceptors (Lipinski definition) is 3. The van der Waals surface area contributed by atoms with Crippen LogP contribution in [0.1, 0.15) is 38.5 Å². The number of aliphatic hydroxyl groups is 1. The van der Waals surface area contributed by atoms with E-state index in [0.717, 1.165) is 19.3 Å². The Labute approximate surface area is 89.3 Å². The van der Waals surface area contributed by atoms with Crippen LogP contribution in [-0.4, -0.2) is 10.7 Å². The van der Waals surface area contributed by atoms with E-state index in [1.165, 1.54) is 0 Å². The normalized spacial score (nSPS) is 56.1. The zero-order valence-electron chi connectivity index (χ0n) is 8.66. The molecule has 4 rings (SSSR count). The second-order valence-corrected chi connectivity index (χ2v) is 6.02. The molecule has 4 fully saturated rings. The minimum absolute atomic E-state index is 0.394. The standard InChI is InChI=1S/C12H14N2O/c13-7-10-1-9-2-11(4-10,8-14)6-12(15,3-9)5-10/h9,15H,1-6H2. The van der Waals surface area contributed by atoms with Gasteiger partial charge >= 0.3 is 0 Å². The van der Waals surface area contributed by atoms with Gasteiger partial charge in [0, 0.05) is 0 Å². The topological polar surface area (TPSA) is 67.8 Å². The lowest BCUT2D eigenvalue weighted by atomic mass is 9.43. The van der Waals surface area contributed by atoms with Gasteiger partial charge in [-0.15, -0.1) is 0 Å². The van der Waals surface area contributed by atoms with Crippen molar-refractivity contribution in [3.63, 3.8) is 0 Å². The quantitative estimate of drug-likeness (QED) is 0.650. The molecular weight excluding hydrogens is 188 g/mol. The summed E-state index contributed by atoms with van der Waals surface area (Å²) in [4.78, 5) is 0. The summed E-state index contributed by atoms with van der Waals surface area (Å²) in [7, 11) is 0. The van der Waals surface area contributed by atoms with Gasteiger partial charge in [-0.3, -0.25) is 0 Å². The minimum Gasteiger partial charge on any atom is -0.390 e. The lowest BCUT2D eigenvalue weighted by Crippen LogP contribution is -2.59. The van der Waals surface area contributed by atoms with Gasteiger partial charge in [0.05, 0.1) is 28.6 Å². The minimum atomic E-state index is -0.717. The van der Waals surface area contributed by atoms with Gasteiger partial charge in [0.25, 0.3) is 0 Å². The van der Waals surface area contributed by atoms with Crippen molar-refractivity contribution in [2.45, 2.75) is 44.1 Å². The summed E-state index contributed by atoms with van der Waals surface area (Å²) in [5.74, 6) is 0.394. The molecule has 0 spiro atoms. The molecule has 4 aliphatic carbocycles. The molecule has 15 heavy (non-hydrogen) atoms. The van der Waals surface area contributed by atoms with E-state index in [9.17, 15) is 15.6 Å². The summed E-state index contributed by atoms with van der Waals surface area (Å²) in [5.41, 5.74) is -1.52. The molecule has 0 heterocycles. The molecule has 0 saturated heterocycles. The highest BCUT2D eigenvalue weighted by Crippen LogP contribution is 2.66. The lowest BCUT2D eigenvalue weighted by Gasteiger charge is -2.60. The van der Waals surface area contributed by atoms with Gasteiger partial charge in [0.2, 0.25) is 0 Å². The number of hydrogen-bond donors (Lipinski definition) is 1. The predicted octanol–water partition coefficient (Wildman–Crippen LogP) is 1.74. The largest absolute Gasteiger partial charge is 0.390 e. The van der Waals surface area contributed by atoms with E-state index >= 15 is 0 Å². The molecule has 0 aliphatic heterocycles. The Morgan fingerprint density at radius 1 is 0.933 bits per heavy atom. The number of rotatable bonds is 0. The van der Waals surface area contributed by atoms with Gasteiger partial charge in [0.15, 0.2) is 0 Å². The third-order valence-corrected chi connectivity index (χ3v) is 4.51. The molecule has 4 bridgehead atoms. The van der Waals surface area contributed by atoms with Crippen LogP contribution in [-0.2, 0) is 0 Å². The van der Waals surface area contributed by atoms with Gasteiger partial charge in [-0.2, -0.15) is 10.5 Å². The van der Waals surface area contributed by atoms with Crippen LogP contribution in [0.3, 0.4) is 0 Å². The molecule has 0 amide bonds. The van der Waals surface area contributed by atoms with Gasteiger partial charge in [-0.25, -0.2) is 0 Å². The van der Waals surface area contributed by atoms with E-state index in [4.69, 9.17) is 0 Å². The van der Waals surface area contributed by atoms with E-state index < -0.39 is 16.4 Å². The van der Waals surface area contributed by atoms with Crippen LogP contribution < -0.4 is 0 Å². The Kier molecular flexibility index (Phi) is 1.45. The van der Waals surface area contributed by atoms with Crippen molar-refractivity contribution in [3.05, 3.63) is 0 Å². The monoisotopic (exact) mass is 202 g/mol. The Morgan fingerprint density at radius 3 is 1.87 bits per heavy atom. The maximum atomic E-state index is 10.4. The molecule has 4 saturated carbocycles. The van der Waals surface area contributed by atoms with Crippen molar-refractivity contribution >= 4 is 0 Å². The van der Waals surface area contributed by atoms with Gasteiger partial charge in [-0.1, -0.05) is 0 Å². The van der Waals surface area contributed by atoms with E-state index in [1.807, 2.05) is 0 Å². The molecule has 4 aliphatic rings. The second kappa shape index (κ2) is 2.36. The van der Waals surface area contributed by atoms with Crippen LogP contribution in [0.15, 0.2) is 0 Å². The fraction of sp³-hybridized carbons (Fsp3) is 0.833. The van der Waals surface area contributed by atoms with Crippen LogP contribution in [0.5, 0.6) is 0 Å². The molecule has 3 heteroatoms. The molecule has 0 aromatic carbocycles. The summed E-state index contributed by atoms with van der Waals surface area (Å²) in [6.07, 6.45) is 4.48. The molecule has 78 valence electrons. The van der Waals surface area contributed by atoms with E-state index in [2.05, 4.69) is 12.1 Å². The molecule has 2 atom stereocenters. The first-order chi connectivity index (χ1) is 7.03. The first-order valence-corrected chi connectivity index (χ1v) is 5.58. The summed E-state index contributed by atoms with van der Waals surface area (Å²) in [6.45, 7) is 0. The van der Waals surface area contributed by atoms with Gasteiger partial charge in [-0.05, 0) is 44.4 Å². The van der Waals surface area contributed by atoms with Crippen LogP contribution in [0.25, 0.3) is 0 Å². The highest BCUT2D eigenvalue weighted by atomic mass is 16.3. The highest BCUT2D eigenvalue weighted by molar-refractivity contribution is 5.24. The molecule has 1 N–H and O–H groups in total. The summed E-state index contributed by atoms with van der Waals surface area (Å²) in [6, 6.07) is 4.77. The van der Waals surface area contributed by atoms with E-state index in [-0.39, 0.29) is 0 Å². The maximum absolute atomic E-state index is 10.4. The third kappa shape index (κ3) is 1.08. The second-order valence-electron chi connectivity index (χ2n) is 6.02. The number of nitrogens with zero attached hydrogens (tertiary/aromatic N) is 2. The van der Waals surface area contributed by atoms with Crippen molar-refractivity contribution in [3.8, 4) is 12.1 Å². The van der Waals surface area contributed by atoms with Crippen LogP contribution in [0, 0.1) is 39.4 Å². The third-order valence-electron chi connectivity index (χ3n) is 4.51. The summed E-state index contributed by atoms with van der Waals surface area (Å²) >= 11 is 0. The van der Waals surface area contributed by atoms with Crippen molar-refractivity contribution in [1.82, 2.24) is 0 Å². The molecule has 0 radical (unpaired) electrons. The zero-order valence-corrected chi connectivity index (χ0v) is 8.66. The molecule has 3 nitrogen and oxygen atoms in total. The maximum Gasteiger partial charge on any atom is 0.0691 e. The summed E-state index contributed by atoms with van der Waals surface area (Å²) < 4.78 is 0. The van der Waals surface area contributed by atoms with E-state index in [0.29, 0.717) is 25.2 Å². The Hall–Kier alpha value is -1.06. The van der Waals surface area contributed by atoms with Crippen LogP contribution in [0.2, 0.25) is 0 Å². The Balaban J connectivity index is 2.09. The van der Waals surface area contributed by atoms with Crippen molar-refractivity contribution < 1.29 is 5.11 Å². The van der Waals surface area contributed by atoms with Crippen molar-refractivity contribution in [2.24, 2.45) is 16.7 Å². The Morgan fingerprint density at radius 2 is 1.47 bits per heavy atom. The highest BCUT2D eigenvalue weighted by Gasteiger charge is 2.63. The first kappa shape index (κ1) is 9.19. The smallest absolute Gasteiger partial charge is 0.0691 e. The molecule has 0 aromatic rings. The van der Waals surface area contributed by atoms with Crippen molar-refractivity contribution in [1.29, 1.82) is 10.5 Å². The lowest BCUT2D eigenvalue weighted by molar-refractivity contribution is -0.166. The molecule has 2 unspecified atom stereocenters. The first-order valence-electron chi connectivity index (χ1n) is 5.58. The molecule has 0 aromatic heterocycles. The van der Waals surface area contributed by atoms with Crippen LogP contribution in [0.4, 0.5) is 0 Å². The number of nitriles is 2. The Bertz CT molecular complexity index is 373. The van der Waals surface area contributed by atoms with E-state index in [1.54, 1.807) is 0 Å². The summed E-state index contributed by atoms with van der Waals surface area (Å²) in [5, 5.41) is 29.0. The SMILES string of the molecule is N#CC12CC3CC(O)(C1)CC(C#N)(C3)C2. The van der Waals surface area contributed by atoms with Gasteiger partial charge in [0.1, 0.15) is 0 Å².